The highest BCUT2D eigenvalue weighted by Gasteiger charge is 2.45. The van der Waals surface area contributed by atoms with Gasteiger partial charge < -0.3 is 35.4 Å². The van der Waals surface area contributed by atoms with Gasteiger partial charge in [0.1, 0.15) is 6.04 Å². The molecule has 3 rings (SSSR count). The second-order valence-corrected chi connectivity index (χ2v) is 14.7. The van der Waals surface area contributed by atoms with Crippen LogP contribution in [0, 0.1) is 30.1 Å². The SMILES string of the molecule is COCCOCC(CC1(C(=O)NC2CCC(C(=O)O)CC2)CCCC1)C(=O)O.CSCC[C@H](NC(=O)[C@@H](CS)Cc1ccccc1C)C(=O)O. The highest BCUT2D eigenvalue weighted by atomic mass is 32.2. The number of thiol groups is 1. The summed E-state index contributed by atoms with van der Waals surface area (Å²) in [5, 5.41) is 33.6. The zero-order valence-electron chi connectivity index (χ0n) is 29.6. The molecule has 0 heterocycles. The number of aryl methyl sites for hydroxylation is 1. The van der Waals surface area contributed by atoms with Gasteiger partial charge in [-0.2, -0.15) is 24.4 Å². The Morgan fingerprint density at radius 2 is 1.64 bits per heavy atom. The third-order valence-corrected chi connectivity index (χ3v) is 10.8. The number of carbonyl (C=O) groups excluding carboxylic acids is 2. The summed E-state index contributed by atoms with van der Waals surface area (Å²) in [6.07, 6.45) is 8.81. The van der Waals surface area contributed by atoms with Crippen molar-refractivity contribution >= 4 is 54.1 Å². The van der Waals surface area contributed by atoms with E-state index in [9.17, 15) is 34.2 Å². The second kappa shape index (κ2) is 22.9. The molecule has 1 unspecified atom stereocenters. The molecule has 2 fully saturated rings. The molecule has 12 nitrogen and oxygen atoms in total. The molecular formula is C36H56N2O10S2. The van der Waals surface area contributed by atoms with Crippen LogP contribution in [-0.2, 0) is 39.9 Å². The van der Waals surface area contributed by atoms with Crippen LogP contribution in [0.2, 0.25) is 0 Å². The summed E-state index contributed by atoms with van der Waals surface area (Å²) < 4.78 is 10.3. The van der Waals surface area contributed by atoms with Crippen LogP contribution in [0.3, 0.4) is 0 Å². The lowest BCUT2D eigenvalue weighted by molar-refractivity contribution is -0.147. The number of ether oxygens (including phenoxy) is 2. The number of rotatable bonds is 20. The lowest BCUT2D eigenvalue weighted by atomic mass is 9.76. The van der Waals surface area contributed by atoms with Crippen molar-refractivity contribution in [2.75, 3.05) is 44.7 Å². The van der Waals surface area contributed by atoms with E-state index < -0.39 is 35.3 Å². The van der Waals surface area contributed by atoms with Crippen LogP contribution in [0.5, 0.6) is 0 Å². The third kappa shape index (κ3) is 14.4. The molecule has 5 N–H and O–H groups in total. The fourth-order valence-corrected chi connectivity index (χ4v) is 7.35. The number of carbonyl (C=O) groups is 5. The van der Waals surface area contributed by atoms with Crippen molar-refractivity contribution in [1.82, 2.24) is 10.6 Å². The Morgan fingerprint density at radius 3 is 2.18 bits per heavy atom. The van der Waals surface area contributed by atoms with E-state index in [1.807, 2.05) is 37.4 Å². The number of aliphatic carboxylic acids is 3. The molecule has 2 aliphatic carbocycles. The molecule has 2 aliphatic rings. The maximum Gasteiger partial charge on any atom is 0.326 e. The van der Waals surface area contributed by atoms with Crippen molar-refractivity contribution in [3.63, 3.8) is 0 Å². The first-order valence-electron chi connectivity index (χ1n) is 17.4. The van der Waals surface area contributed by atoms with Gasteiger partial charge in [-0.15, -0.1) is 0 Å². The van der Waals surface area contributed by atoms with Crippen LogP contribution in [0.25, 0.3) is 0 Å². The molecule has 282 valence electrons. The maximum atomic E-state index is 13.1. The standard InChI is InChI=1S/C20H33NO7.C16H23NO3S2/c1-27-10-11-28-13-15(18(24)25)12-20(8-2-3-9-20)19(26)21-16-6-4-14(5-7-16)17(22)23;1-11-5-3-4-6-12(11)9-13(10-21)15(18)17-14(16(19)20)7-8-22-2/h14-16H,2-13H2,1H3,(H,21,26)(H,22,23)(H,24,25);3-6,13-14,21H,7-10H2,1-2H3,(H,17,18)(H,19,20)/t;13-,14+/m.1/s1. The van der Waals surface area contributed by atoms with Gasteiger partial charge in [0.05, 0.1) is 43.0 Å². The largest absolute Gasteiger partial charge is 0.481 e. The van der Waals surface area contributed by atoms with E-state index in [0.29, 0.717) is 76.1 Å². The van der Waals surface area contributed by atoms with Crippen LogP contribution in [0.4, 0.5) is 0 Å². The van der Waals surface area contributed by atoms with E-state index in [0.717, 1.165) is 24.0 Å². The summed E-state index contributed by atoms with van der Waals surface area (Å²) in [6.45, 7) is 2.79. The highest BCUT2D eigenvalue weighted by molar-refractivity contribution is 7.98. The van der Waals surface area contributed by atoms with Gasteiger partial charge in [-0.3, -0.25) is 19.2 Å². The number of methoxy groups -OCH3 is 1. The number of hydrogen-bond donors (Lipinski definition) is 6. The van der Waals surface area contributed by atoms with Crippen molar-refractivity contribution in [3.8, 4) is 0 Å². The van der Waals surface area contributed by atoms with Gasteiger partial charge in [0.15, 0.2) is 0 Å². The molecule has 14 heteroatoms. The fourth-order valence-electron chi connectivity index (χ4n) is 6.58. The smallest absolute Gasteiger partial charge is 0.326 e. The van der Waals surface area contributed by atoms with Gasteiger partial charge in [0.25, 0.3) is 0 Å². The monoisotopic (exact) mass is 740 g/mol. The zero-order valence-corrected chi connectivity index (χ0v) is 31.3. The van der Waals surface area contributed by atoms with Crippen molar-refractivity contribution in [2.24, 2.45) is 23.2 Å². The average Bonchev–Trinajstić information content (AvgIpc) is 3.57. The molecule has 50 heavy (non-hydrogen) atoms. The molecule has 0 aliphatic heterocycles. The number of hydrogen-bond acceptors (Lipinski definition) is 9. The van der Waals surface area contributed by atoms with Gasteiger partial charge in [0.2, 0.25) is 11.8 Å². The molecule has 1 aromatic carbocycles. The van der Waals surface area contributed by atoms with Crippen LogP contribution in [0.1, 0.15) is 75.3 Å². The normalized spacial score (nSPS) is 20.0. The number of carboxylic acid groups (broad SMARTS) is 3. The van der Waals surface area contributed by atoms with Crippen LogP contribution in [0.15, 0.2) is 24.3 Å². The molecule has 1 aromatic rings. The van der Waals surface area contributed by atoms with Crippen LogP contribution >= 0.6 is 24.4 Å². The van der Waals surface area contributed by atoms with Gasteiger partial charge in [0, 0.05) is 18.9 Å². The van der Waals surface area contributed by atoms with Crippen molar-refractivity contribution in [1.29, 1.82) is 0 Å². The van der Waals surface area contributed by atoms with Crippen LogP contribution in [-0.4, -0.2) is 102 Å². The average molecular weight is 741 g/mol. The van der Waals surface area contributed by atoms with Gasteiger partial charge in [-0.25, -0.2) is 4.79 Å². The molecule has 0 spiro atoms. The number of amides is 2. The molecule has 2 amide bonds. The van der Waals surface area contributed by atoms with E-state index in [1.54, 1.807) is 18.9 Å². The van der Waals surface area contributed by atoms with Crippen molar-refractivity contribution in [3.05, 3.63) is 35.4 Å². The van der Waals surface area contributed by atoms with E-state index in [1.165, 1.54) is 0 Å². The fraction of sp³-hybridized carbons (Fsp3) is 0.694. The van der Waals surface area contributed by atoms with E-state index >= 15 is 0 Å². The molecule has 0 aromatic heterocycles. The molecule has 3 atom stereocenters. The summed E-state index contributed by atoms with van der Waals surface area (Å²) in [6, 6.07) is 7.02. The lowest BCUT2D eigenvalue weighted by Gasteiger charge is -2.34. The van der Waals surface area contributed by atoms with E-state index in [-0.39, 0.29) is 42.7 Å². The minimum Gasteiger partial charge on any atom is -0.481 e. The molecule has 0 bridgehead atoms. The van der Waals surface area contributed by atoms with Gasteiger partial charge in [-0.05, 0) is 87.8 Å². The van der Waals surface area contributed by atoms with Gasteiger partial charge >= 0.3 is 17.9 Å². The number of thioether (sulfide) groups is 1. The Morgan fingerprint density at radius 1 is 0.980 bits per heavy atom. The first-order valence-corrected chi connectivity index (χ1v) is 19.4. The summed E-state index contributed by atoms with van der Waals surface area (Å²) in [5.41, 5.74) is 1.55. The Balaban J connectivity index is 0.000000358. The highest BCUT2D eigenvalue weighted by Crippen LogP contribution is 2.44. The number of carboxylic acids is 3. The molecular weight excluding hydrogens is 685 g/mol. The summed E-state index contributed by atoms with van der Waals surface area (Å²) in [4.78, 5) is 59.5. The third-order valence-electron chi connectivity index (χ3n) is 9.74. The number of nitrogens with one attached hydrogen (secondary N) is 2. The first-order chi connectivity index (χ1) is 23.9. The Kier molecular flexibility index (Phi) is 19.8. The Hall–Kier alpha value is -2.81. The molecule has 0 radical (unpaired) electrons. The second-order valence-electron chi connectivity index (χ2n) is 13.3. The molecule has 2 saturated carbocycles. The summed E-state index contributed by atoms with van der Waals surface area (Å²) >= 11 is 5.82. The molecule has 0 saturated heterocycles. The van der Waals surface area contributed by atoms with Crippen LogP contribution < -0.4 is 10.6 Å². The predicted molar refractivity (Wildman–Crippen MR) is 196 cm³/mol. The number of benzene rings is 1. The topological polar surface area (TPSA) is 189 Å². The maximum absolute atomic E-state index is 13.1. The first kappa shape index (κ1) is 43.4. The van der Waals surface area contributed by atoms with E-state index in [2.05, 4.69) is 23.3 Å². The summed E-state index contributed by atoms with van der Waals surface area (Å²) in [7, 11) is 1.56. The Bertz CT molecular complexity index is 1240. The quantitative estimate of drug-likeness (QED) is 0.0818. The van der Waals surface area contributed by atoms with E-state index in [4.69, 9.17) is 14.6 Å². The minimum atomic E-state index is -0.990. The Labute approximate surface area is 305 Å². The lowest BCUT2D eigenvalue weighted by Crippen LogP contribution is -2.47. The van der Waals surface area contributed by atoms with Crippen molar-refractivity contribution in [2.45, 2.75) is 89.6 Å². The minimum absolute atomic E-state index is 0.0261. The summed E-state index contributed by atoms with van der Waals surface area (Å²) in [5.74, 6) is -3.34. The van der Waals surface area contributed by atoms with Gasteiger partial charge in [-0.1, -0.05) is 37.1 Å². The zero-order chi connectivity index (χ0) is 37.1. The van der Waals surface area contributed by atoms with Crippen molar-refractivity contribution < 1.29 is 48.8 Å². The predicted octanol–water partition coefficient (Wildman–Crippen LogP) is 4.47.